The van der Waals surface area contributed by atoms with Crippen LogP contribution in [0.25, 0.3) is 33.0 Å². The molecule has 7 aliphatic heterocycles. The highest BCUT2D eigenvalue weighted by atomic mass is 16.2. The zero-order valence-corrected chi connectivity index (χ0v) is 31.2. The maximum Gasteiger partial charge on any atom is 0.277 e. The van der Waals surface area contributed by atoms with Crippen LogP contribution in [0.4, 0.5) is 0 Å². The molecule has 2 saturated heterocycles. The molecule has 0 radical (unpaired) electrons. The molecule has 4 bridgehead atoms. The van der Waals surface area contributed by atoms with Crippen LogP contribution in [0.5, 0.6) is 0 Å². The number of fused-ring (bicyclic) bond motifs is 4. The molecule has 2 N–H and O–H groups in total. The first kappa shape index (κ1) is 34.6. The van der Waals surface area contributed by atoms with E-state index in [2.05, 4.69) is 29.6 Å². The number of amides is 4. The van der Waals surface area contributed by atoms with Crippen molar-refractivity contribution < 1.29 is 19.2 Å². The zero-order valence-electron chi connectivity index (χ0n) is 31.2. The highest BCUT2D eigenvalue weighted by Crippen LogP contribution is 2.40. The minimum Gasteiger partial charge on any atom is -0.364 e. The number of H-pyrrole nitrogens is 2. The van der Waals surface area contributed by atoms with Gasteiger partial charge in [-0.25, -0.2) is 0 Å². The SMILES string of the molecule is CN1C(=O)C2=C(C1=O)N1CCN(CCCCCN3CCN(CC3)C3=C(C(=O)N(C)C3=O)c3c([nH]c4ccccc34)CCCc3[nH]c4ccccc4c32)CC1. The first-order valence-electron chi connectivity index (χ1n) is 19.6. The molecular weight excluding hydrogens is 681 g/mol. The molecule has 0 saturated carbocycles. The Morgan fingerprint density at radius 1 is 0.463 bits per heavy atom. The van der Waals surface area contributed by atoms with E-state index in [4.69, 9.17) is 0 Å². The van der Waals surface area contributed by atoms with E-state index in [9.17, 15) is 19.2 Å². The third-order valence-electron chi connectivity index (χ3n) is 12.3. The molecule has 2 aromatic carbocycles. The van der Waals surface area contributed by atoms with Crippen LogP contribution in [0, 0.1) is 0 Å². The van der Waals surface area contributed by atoms with Crippen molar-refractivity contribution in [3.63, 3.8) is 0 Å². The highest BCUT2D eigenvalue weighted by Gasteiger charge is 2.43. The van der Waals surface area contributed by atoms with Crippen molar-refractivity contribution in [2.75, 3.05) is 79.5 Å². The molecule has 7 aliphatic rings. The number of aromatic nitrogens is 2. The smallest absolute Gasteiger partial charge is 0.277 e. The van der Waals surface area contributed by atoms with Crippen molar-refractivity contribution >= 4 is 56.6 Å². The summed E-state index contributed by atoms with van der Waals surface area (Å²) in [5, 5.41) is 1.85. The molecule has 54 heavy (non-hydrogen) atoms. The Labute approximate surface area is 315 Å². The fourth-order valence-electron chi connectivity index (χ4n) is 9.31. The largest absolute Gasteiger partial charge is 0.364 e. The van der Waals surface area contributed by atoms with Crippen LogP contribution in [0.1, 0.15) is 48.2 Å². The minimum absolute atomic E-state index is 0.242. The van der Waals surface area contributed by atoms with Gasteiger partial charge in [0.1, 0.15) is 11.4 Å². The van der Waals surface area contributed by atoms with Gasteiger partial charge in [-0.2, -0.15) is 0 Å². The summed E-state index contributed by atoms with van der Waals surface area (Å²) in [5.41, 5.74) is 7.26. The average molecular weight is 729 g/mol. The topological polar surface area (TPSA) is 119 Å². The maximum atomic E-state index is 14.1. The van der Waals surface area contributed by atoms with Crippen molar-refractivity contribution in [3.05, 3.63) is 82.4 Å². The van der Waals surface area contributed by atoms with Gasteiger partial charge in [-0.05, 0) is 57.3 Å². The van der Waals surface area contributed by atoms with E-state index in [1.807, 2.05) is 48.5 Å². The summed E-state index contributed by atoms with van der Waals surface area (Å²) in [6.07, 6.45) is 5.26. The number of likely N-dealkylation sites (N-methyl/N-ethyl adjacent to an activating group) is 2. The van der Waals surface area contributed by atoms with Crippen LogP contribution in [0.2, 0.25) is 0 Å². The molecule has 11 rings (SSSR count). The lowest BCUT2D eigenvalue weighted by Crippen LogP contribution is -2.47. The Bertz CT molecular complexity index is 2090. The lowest BCUT2D eigenvalue weighted by atomic mass is 9.95. The molecule has 0 aliphatic carbocycles. The predicted molar refractivity (Wildman–Crippen MR) is 208 cm³/mol. The number of carbonyl (C=O) groups is 4. The first-order chi connectivity index (χ1) is 26.3. The Morgan fingerprint density at radius 2 is 0.870 bits per heavy atom. The van der Waals surface area contributed by atoms with E-state index in [1.54, 1.807) is 14.1 Å². The standard InChI is InChI=1S/C42H48N8O4/c1-45-39(51)35-33-27-11-4-6-13-29(27)43-31(33)15-10-16-32-34(28-12-5-7-14-30(28)44-32)36-38(42(54)46(2)40(36)52)50-25-21-48(22-26-50)18-9-3-8-17-47-19-23-49(24-20-47)37(35)41(45)53/h4-7,11-14,43-44H,3,8-10,15-26H2,1-2H3. The molecule has 280 valence electrons. The molecule has 0 unspecified atom stereocenters. The summed E-state index contributed by atoms with van der Waals surface area (Å²) in [7, 11) is 3.18. The van der Waals surface area contributed by atoms with Gasteiger partial charge in [-0.3, -0.25) is 38.8 Å². The minimum atomic E-state index is -0.268. The highest BCUT2D eigenvalue weighted by molar-refractivity contribution is 6.38. The van der Waals surface area contributed by atoms with Crippen molar-refractivity contribution in [1.82, 2.24) is 39.4 Å². The van der Waals surface area contributed by atoms with Gasteiger partial charge in [0.25, 0.3) is 23.6 Å². The first-order valence-corrected chi connectivity index (χ1v) is 19.6. The monoisotopic (exact) mass is 728 g/mol. The number of hydrogen-bond acceptors (Lipinski definition) is 8. The van der Waals surface area contributed by atoms with Crippen molar-refractivity contribution in [2.45, 2.75) is 38.5 Å². The quantitative estimate of drug-likeness (QED) is 0.264. The van der Waals surface area contributed by atoms with Crippen molar-refractivity contribution in [1.29, 1.82) is 0 Å². The number of nitrogens with zero attached hydrogens (tertiary/aromatic N) is 6. The maximum absolute atomic E-state index is 14.1. The number of aromatic amines is 2. The number of hydrogen-bond donors (Lipinski definition) is 2. The Hall–Kier alpha value is -5.20. The molecule has 4 amide bonds. The summed E-state index contributed by atoms with van der Waals surface area (Å²) < 4.78 is 0. The normalized spacial score (nSPS) is 23.5. The molecule has 2 fully saturated rings. The van der Waals surface area contributed by atoms with Gasteiger partial charge in [0, 0.05) is 111 Å². The van der Waals surface area contributed by atoms with Gasteiger partial charge in [0.2, 0.25) is 0 Å². The van der Waals surface area contributed by atoms with Gasteiger partial charge < -0.3 is 19.8 Å². The van der Waals surface area contributed by atoms with Crippen LogP contribution in [-0.4, -0.2) is 143 Å². The van der Waals surface area contributed by atoms with E-state index >= 15 is 0 Å². The number of benzene rings is 2. The zero-order chi connectivity index (χ0) is 37.1. The van der Waals surface area contributed by atoms with Crippen molar-refractivity contribution in [3.8, 4) is 0 Å². The van der Waals surface area contributed by atoms with Gasteiger partial charge in [0.05, 0.1) is 11.1 Å². The molecule has 0 spiro atoms. The molecule has 0 atom stereocenters. The molecule has 9 heterocycles. The Kier molecular flexibility index (Phi) is 8.89. The fourth-order valence-corrected chi connectivity index (χ4v) is 9.31. The summed E-state index contributed by atoms with van der Waals surface area (Å²) >= 11 is 0. The van der Waals surface area contributed by atoms with Crippen LogP contribution < -0.4 is 0 Å². The fraction of sp³-hybridized carbons (Fsp3) is 0.429. The third-order valence-corrected chi connectivity index (χ3v) is 12.3. The third kappa shape index (κ3) is 5.74. The molecule has 12 heteroatoms. The number of nitrogens with one attached hydrogen (secondary N) is 2. The summed E-state index contributed by atoms with van der Waals surface area (Å²) in [5.74, 6) is -1.02. The summed E-state index contributed by atoms with van der Waals surface area (Å²) in [6.45, 7) is 8.24. The van der Waals surface area contributed by atoms with Crippen LogP contribution >= 0.6 is 0 Å². The lowest BCUT2D eigenvalue weighted by molar-refractivity contribution is -0.137. The number of imide groups is 2. The number of aryl methyl sites for hydroxylation is 2. The van der Waals surface area contributed by atoms with Gasteiger partial charge in [0.15, 0.2) is 0 Å². The predicted octanol–water partition coefficient (Wildman–Crippen LogP) is 3.66. The average Bonchev–Trinajstić information content (AvgIpc) is 3.87. The van der Waals surface area contributed by atoms with E-state index < -0.39 is 0 Å². The van der Waals surface area contributed by atoms with Crippen LogP contribution in [0.3, 0.4) is 0 Å². The number of carbonyl (C=O) groups excluding carboxylic acids is 4. The van der Waals surface area contributed by atoms with Crippen LogP contribution in [0.15, 0.2) is 59.9 Å². The van der Waals surface area contributed by atoms with Crippen molar-refractivity contribution in [2.24, 2.45) is 0 Å². The second-order valence-corrected chi connectivity index (χ2v) is 15.4. The van der Waals surface area contributed by atoms with Gasteiger partial charge in [-0.1, -0.05) is 42.8 Å². The summed E-state index contributed by atoms with van der Waals surface area (Å²) in [4.78, 5) is 74.9. The summed E-state index contributed by atoms with van der Waals surface area (Å²) in [6, 6.07) is 16.0. The van der Waals surface area contributed by atoms with E-state index in [0.717, 1.165) is 103 Å². The molecular formula is C42H48N8O4. The Balaban J connectivity index is 1.14. The molecule has 2 aromatic heterocycles. The Morgan fingerprint density at radius 3 is 1.30 bits per heavy atom. The molecule has 12 nitrogen and oxygen atoms in total. The van der Waals surface area contributed by atoms with E-state index in [1.165, 1.54) is 9.80 Å². The van der Waals surface area contributed by atoms with E-state index in [-0.39, 0.29) is 23.6 Å². The molecule has 4 aromatic rings. The van der Waals surface area contributed by atoms with Crippen LogP contribution in [-0.2, 0) is 32.0 Å². The van der Waals surface area contributed by atoms with Gasteiger partial charge >= 0.3 is 0 Å². The second kappa shape index (κ2) is 13.9. The second-order valence-electron chi connectivity index (χ2n) is 15.4. The van der Waals surface area contributed by atoms with Gasteiger partial charge in [-0.15, -0.1) is 0 Å². The number of piperazine rings is 2. The lowest BCUT2D eigenvalue weighted by Gasteiger charge is -2.37. The number of para-hydroxylation sites is 2. The van der Waals surface area contributed by atoms with E-state index in [0.29, 0.717) is 68.0 Å². The number of rotatable bonds is 0.